The lowest BCUT2D eigenvalue weighted by Crippen LogP contribution is -2.26. The second-order valence-electron chi connectivity index (χ2n) is 6.02. The number of nitrogens with zero attached hydrogens (tertiary/aromatic N) is 1. The first kappa shape index (κ1) is 13.9. The first-order valence-electron chi connectivity index (χ1n) is 7.98. The van der Waals surface area contributed by atoms with E-state index in [1.54, 1.807) is 0 Å². The minimum Gasteiger partial charge on any atom is -0.494 e. The molecule has 2 heteroatoms. The summed E-state index contributed by atoms with van der Waals surface area (Å²) in [5.41, 5.74) is 3.44. The van der Waals surface area contributed by atoms with Crippen molar-refractivity contribution in [2.45, 2.75) is 12.6 Å². The van der Waals surface area contributed by atoms with Gasteiger partial charge in [-0.3, -0.25) is 0 Å². The Hall–Kier alpha value is -2.74. The van der Waals surface area contributed by atoms with Gasteiger partial charge in [0.15, 0.2) is 5.88 Å². The molecule has 4 rings (SSSR count). The number of benzene rings is 2. The van der Waals surface area contributed by atoms with Crippen LogP contribution in [-0.2, 0) is 6.54 Å². The van der Waals surface area contributed by atoms with Crippen LogP contribution in [0.1, 0.15) is 17.2 Å². The molecule has 0 unspecified atom stereocenters. The lowest BCUT2D eigenvalue weighted by molar-refractivity contribution is 0.159. The summed E-state index contributed by atoms with van der Waals surface area (Å²) in [5.74, 6) is 0.597. The Balaban J connectivity index is 1.75. The summed E-state index contributed by atoms with van der Waals surface area (Å²) in [4.78, 5) is 2.12. The molecule has 1 aliphatic carbocycles. The average Bonchev–Trinajstić information content (AvgIpc) is 2.89. The summed E-state index contributed by atoms with van der Waals surface area (Å²) in [6.07, 6.45) is 8.29. The Morgan fingerprint density at radius 3 is 2.30 bits per heavy atom. The highest BCUT2D eigenvalue weighted by Crippen LogP contribution is 2.46. The Morgan fingerprint density at radius 2 is 1.57 bits per heavy atom. The van der Waals surface area contributed by atoms with Crippen LogP contribution in [-0.4, -0.2) is 10.0 Å². The molecular weight excluding hydrogens is 282 g/mol. The van der Waals surface area contributed by atoms with E-state index >= 15 is 0 Å². The van der Waals surface area contributed by atoms with Crippen LogP contribution in [0.25, 0.3) is 0 Å². The second-order valence-corrected chi connectivity index (χ2v) is 6.02. The molecule has 2 aromatic rings. The number of hydrogen-bond acceptors (Lipinski definition) is 2. The number of allylic oxidation sites excluding steroid dienone is 3. The summed E-state index contributed by atoms with van der Waals surface area (Å²) < 4.78 is 0. The fourth-order valence-electron chi connectivity index (χ4n) is 3.54. The zero-order chi connectivity index (χ0) is 15.6. The molecule has 1 aliphatic heterocycles. The Kier molecular flexibility index (Phi) is 3.51. The first-order valence-corrected chi connectivity index (χ1v) is 7.98. The van der Waals surface area contributed by atoms with E-state index in [-0.39, 0.29) is 12.0 Å². The average molecular weight is 301 g/mol. The van der Waals surface area contributed by atoms with Crippen LogP contribution in [0, 0.1) is 5.92 Å². The number of rotatable bonds is 3. The van der Waals surface area contributed by atoms with E-state index in [9.17, 15) is 5.11 Å². The van der Waals surface area contributed by atoms with Crippen LogP contribution in [0.4, 0.5) is 0 Å². The molecule has 23 heavy (non-hydrogen) atoms. The van der Waals surface area contributed by atoms with Crippen molar-refractivity contribution >= 4 is 0 Å². The molecule has 2 atom stereocenters. The van der Waals surface area contributed by atoms with Gasteiger partial charge in [-0.1, -0.05) is 85.0 Å². The fourth-order valence-corrected chi connectivity index (χ4v) is 3.54. The summed E-state index contributed by atoms with van der Waals surface area (Å²) in [5, 5.41) is 10.8. The Morgan fingerprint density at radius 1 is 0.870 bits per heavy atom. The highest BCUT2D eigenvalue weighted by molar-refractivity contribution is 5.43. The van der Waals surface area contributed by atoms with E-state index < -0.39 is 0 Å². The van der Waals surface area contributed by atoms with Gasteiger partial charge in [0.25, 0.3) is 0 Å². The van der Waals surface area contributed by atoms with Crippen molar-refractivity contribution in [3.8, 4) is 0 Å². The van der Waals surface area contributed by atoms with Gasteiger partial charge in [-0.2, -0.15) is 0 Å². The summed E-state index contributed by atoms with van der Waals surface area (Å²) >= 11 is 0. The monoisotopic (exact) mass is 301 g/mol. The molecule has 0 aromatic heterocycles. The highest BCUT2D eigenvalue weighted by atomic mass is 16.3. The van der Waals surface area contributed by atoms with Crippen LogP contribution < -0.4 is 0 Å². The predicted octanol–water partition coefficient (Wildman–Crippen LogP) is 4.76. The smallest absolute Gasteiger partial charge is 0.191 e. The highest BCUT2D eigenvalue weighted by Gasteiger charge is 2.39. The Labute approximate surface area is 136 Å². The number of hydrogen-bond donors (Lipinski definition) is 1. The molecule has 1 heterocycles. The van der Waals surface area contributed by atoms with E-state index in [0.29, 0.717) is 12.4 Å². The van der Waals surface area contributed by atoms with Crippen LogP contribution in [0.15, 0.2) is 96.4 Å². The minimum atomic E-state index is 0.132. The van der Waals surface area contributed by atoms with Gasteiger partial charge in [-0.05, 0) is 11.1 Å². The zero-order valence-electron chi connectivity index (χ0n) is 12.8. The summed E-state index contributed by atoms with van der Waals surface area (Å²) in [6, 6.07) is 20.9. The predicted molar refractivity (Wildman–Crippen MR) is 92.6 cm³/mol. The van der Waals surface area contributed by atoms with Crippen LogP contribution in [0.2, 0.25) is 0 Å². The normalized spacial score (nSPS) is 22.5. The maximum atomic E-state index is 10.8. The van der Waals surface area contributed by atoms with Gasteiger partial charge in [0.2, 0.25) is 0 Å². The van der Waals surface area contributed by atoms with Crippen molar-refractivity contribution < 1.29 is 5.11 Å². The third-order valence-corrected chi connectivity index (χ3v) is 4.61. The first-order chi connectivity index (χ1) is 11.3. The molecule has 2 nitrogen and oxygen atoms in total. The molecule has 0 spiro atoms. The van der Waals surface area contributed by atoms with Gasteiger partial charge in [0.1, 0.15) is 0 Å². The lowest BCUT2D eigenvalue weighted by Gasteiger charge is -2.30. The van der Waals surface area contributed by atoms with Gasteiger partial charge in [0.05, 0.1) is 6.04 Å². The van der Waals surface area contributed by atoms with Crippen molar-refractivity contribution in [3.05, 3.63) is 108 Å². The van der Waals surface area contributed by atoms with Crippen LogP contribution in [0.3, 0.4) is 0 Å². The SMILES string of the molecule is OC1=C2C=CC=C[C@H]2[C@H](c2ccccc2)N1Cc1ccccc1. The van der Waals surface area contributed by atoms with E-state index in [1.807, 2.05) is 36.4 Å². The molecule has 114 valence electrons. The summed E-state index contributed by atoms with van der Waals surface area (Å²) in [6.45, 7) is 0.702. The topological polar surface area (TPSA) is 23.5 Å². The van der Waals surface area contributed by atoms with E-state index in [2.05, 4.69) is 53.5 Å². The molecule has 2 aromatic carbocycles. The molecule has 0 saturated heterocycles. The minimum absolute atomic E-state index is 0.132. The zero-order valence-corrected chi connectivity index (χ0v) is 12.8. The van der Waals surface area contributed by atoms with Gasteiger partial charge < -0.3 is 10.0 Å². The number of aliphatic hydroxyl groups is 1. The molecule has 0 bridgehead atoms. The molecule has 0 radical (unpaired) electrons. The molecule has 2 aliphatic rings. The Bertz CT molecular complexity index is 774. The second kappa shape index (κ2) is 5.81. The van der Waals surface area contributed by atoms with E-state index in [1.165, 1.54) is 11.1 Å². The van der Waals surface area contributed by atoms with E-state index in [4.69, 9.17) is 0 Å². The maximum absolute atomic E-state index is 10.8. The van der Waals surface area contributed by atoms with Crippen molar-refractivity contribution in [3.63, 3.8) is 0 Å². The van der Waals surface area contributed by atoms with Crippen molar-refractivity contribution in [2.75, 3.05) is 0 Å². The van der Waals surface area contributed by atoms with Crippen LogP contribution >= 0.6 is 0 Å². The molecule has 1 N–H and O–H groups in total. The third-order valence-electron chi connectivity index (χ3n) is 4.61. The molecular formula is C21H19NO. The molecule has 0 saturated carbocycles. The summed E-state index contributed by atoms with van der Waals surface area (Å²) in [7, 11) is 0. The van der Waals surface area contributed by atoms with Gasteiger partial charge >= 0.3 is 0 Å². The van der Waals surface area contributed by atoms with E-state index in [0.717, 1.165) is 5.57 Å². The number of aliphatic hydroxyl groups excluding tert-OH is 1. The van der Waals surface area contributed by atoms with Gasteiger partial charge in [-0.15, -0.1) is 0 Å². The van der Waals surface area contributed by atoms with Crippen LogP contribution in [0.5, 0.6) is 0 Å². The van der Waals surface area contributed by atoms with Crippen molar-refractivity contribution in [2.24, 2.45) is 5.92 Å². The van der Waals surface area contributed by atoms with Crippen molar-refractivity contribution in [1.82, 2.24) is 4.90 Å². The quantitative estimate of drug-likeness (QED) is 0.884. The molecule has 0 fully saturated rings. The standard InChI is InChI=1S/C21H19NO/c23-21-19-14-8-7-13-18(19)20(17-11-5-2-6-12-17)22(21)15-16-9-3-1-4-10-16/h1-14,18,20,23H,15H2/t18-,20+/m1/s1. The van der Waals surface area contributed by atoms with Gasteiger partial charge in [0, 0.05) is 18.0 Å². The maximum Gasteiger partial charge on any atom is 0.191 e. The lowest BCUT2D eigenvalue weighted by atomic mass is 9.87. The molecule has 0 amide bonds. The van der Waals surface area contributed by atoms with Crippen molar-refractivity contribution in [1.29, 1.82) is 0 Å². The number of fused-ring (bicyclic) bond motifs is 1. The fraction of sp³-hybridized carbons (Fsp3) is 0.143. The van der Waals surface area contributed by atoms with Gasteiger partial charge in [-0.25, -0.2) is 0 Å². The third kappa shape index (κ3) is 2.46. The largest absolute Gasteiger partial charge is 0.494 e.